The molecule has 4 saturated carbocycles. The van der Waals surface area contributed by atoms with E-state index in [-0.39, 0.29) is 43.8 Å². The van der Waals surface area contributed by atoms with Crippen molar-refractivity contribution in [1.82, 2.24) is 5.32 Å². The average molecular weight is 704 g/mol. The molecule has 2 unspecified atom stereocenters. The Morgan fingerprint density at radius 3 is 2.09 bits per heavy atom. The Morgan fingerprint density at radius 2 is 1.56 bits per heavy atom. The summed E-state index contributed by atoms with van der Waals surface area (Å²) in [5, 5.41) is 7.19. The SMILES string of the molecule is CCCC[Si](CCCC)(CCCC)OC[C@H]1CC(NC(=O)OC23CC4CC(CC(C4)C2)C3)[C@@H](N=[N+]=[N-])C([Se]c2ccccc2)O1. The van der Waals surface area contributed by atoms with Gasteiger partial charge in [-0.1, -0.05) is 0 Å². The molecule has 8 nitrogen and oxygen atoms in total. The van der Waals surface area contributed by atoms with Gasteiger partial charge >= 0.3 is 279 Å². The first kappa shape index (κ1) is 34.8. The first-order valence-corrected chi connectivity index (χ1v) is 22.3. The van der Waals surface area contributed by atoms with Crippen molar-refractivity contribution in [1.29, 1.82) is 0 Å². The van der Waals surface area contributed by atoms with Crippen LogP contribution in [0.3, 0.4) is 0 Å². The second-order valence-corrected chi connectivity index (χ2v) is 21.1. The van der Waals surface area contributed by atoms with Gasteiger partial charge in [0.25, 0.3) is 0 Å². The Hall–Kier alpha value is -1.54. The monoisotopic (exact) mass is 704 g/mol. The molecule has 1 N–H and O–H groups in total. The summed E-state index contributed by atoms with van der Waals surface area (Å²) < 4.78 is 21.4. The van der Waals surface area contributed by atoms with E-state index >= 15 is 0 Å². The quantitative estimate of drug-likeness (QED) is 0.0764. The zero-order chi connectivity index (χ0) is 31.7. The maximum atomic E-state index is 13.7. The molecule has 4 bridgehead atoms. The van der Waals surface area contributed by atoms with Crippen molar-refractivity contribution in [3.63, 3.8) is 0 Å². The molecule has 1 aromatic carbocycles. The molecule has 0 spiro atoms. The molecule has 0 aromatic heterocycles. The van der Waals surface area contributed by atoms with E-state index in [1.165, 1.54) is 80.4 Å². The van der Waals surface area contributed by atoms with Gasteiger partial charge in [0.2, 0.25) is 0 Å². The van der Waals surface area contributed by atoms with E-state index in [1.54, 1.807) is 0 Å². The minimum absolute atomic E-state index is 0.107. The van der Waals surface area contributed by atoms with E-state index in [4.69, 9.17) is 13.9 Å². The molecule has 5 aliphatic rings. The number of ether oxygens (including phenoxy) is 2. The van der Waals surface area contributed by atoms with E-state index in [1.807, 2.05) is 18.2 Å². The van der Waals surface area contributed by atoms with Gasteiger partial charge in [-0.15, -0.1) is 0 Å². The molecular weight excluding hydrogens is 647 g/mol. The van der Waals surface area contributed by atoms with Crippen LogP contribution in [0.2, 0.25) is 18.1 Å². The normalized spacial score (nSPS) is 32.2. The Labute approximate surface area is 278 Å². The number of carbonyl (C=O) groups excluding carboxylic acids is 1. The predicted molar refractivity (Wildman–Crippen MR) is 183 cm³/mol. The first-order valence-electron chi connectivity index (χ1n) is 17.9. The fourth-order valence-electron chi connectivity index (χ4n) is 9.01. The van der Waals surface area contributed by atoms with Crippen molar-refractivity contribution >= 4 is 33.8 Å². The molecule has 10 heteroatoms. The summed E-state index contributed by atoms with van der Waals surface area (Å²) in [6.45, 7) is 7.35. The van der Waals surface area contributed by atoms with Gasteiger partial charge in [-0.25, -0.2) is 0 Å². The Morgan fingerprint density at radius 1 is 0.978 bits per heavy atom. The fraction of sp³-hybridized carbons (Fsp3) is 0.800. The van der Waals surface area contributed by atoms with Crippen LogP contribution in [-0.4, -0.2) is 64.8 Å². The van der Waals surface area contributed by atoms with Gasteiger partial charge in [-0.2, -0.15) is 0 Å². The second-order valence-electron chi connectivity index (χ2n) is 14.5. The molecule has 1 saturated heterocycles. The molecule has 1 aromatic rings. The zero-order valence-corrected chi connectivity index (χ0v) is 30.5. The van der Waals surface area contributed by atoms with Crippen molar-refractivity contribution in [3.8, 4) is 0 Å². The number of nitrogens with zero attached hydrogens (tertiary/aromatic N) is 3. The van der Waals surface area contributed by atoms with Crippen molar-refractivity contribution in [3.05, 3.63) is 40.8 Å². The number of unbranched alkanes of at least 4 members (excludes halogenated alkanes) is 3. The standard InChI is InChI=1S/C35H56N4O4SeSi/c1-4-7-15-45(16-8-5-2,17-9-6-3)41-25-29-21-31(32(38-39-36)33(42-29)44-30-13-11-10-12-14-30)37-34(40)43-35-22-26-18-27(23-35)20-28(19-26)24-35/h10-14,26-29,31-33H,4-9,15-25H2,1-3H3,(H,37,40)/t26?,27?,28?,29-,31?,32-,33?,35?/m1/s1. The van der Waals surface area contributed by atoms with Crippen molar-refractivity contribution in [2.45, 2.75) is 151 Å². The summed E-state index contributed by atoms with van der Waals surface area (Å²) in [7, 11) is -1.94. The van der Waals surface area contributed by atoms with E-state index in [9.17, 15) is 10.3 Å². The summed E-state index contributed by atoms with van der Waals surface area (Å²) >= 11 is -0.107. The van der Waals surface area contributed by atoms with Crippen LogP contribution >= 0.6 is 0 Å². The summed E-state index contributed by atoms with van der Waals surface area (Å²) in [5.41, 5.74) is 9.31. The topological polar surface area (TPSA) is 106 Å². The van der Waals surface area contributed by atoms with E-state index in [0.717, 1.165) is 19.3 Å². The van der Waals surface area contributed by atoms with Crippen LogP contribution in [0.1, 0.15) is 104 Å². The summed E-state index contributed by atoms with van der Waals surface area (Å²) in [5.74, 6) is 2.08. The van der Waals surface area contributed by atoms with E-state index in [0.29, 0.717) is 30.8 Å². The van der Waals surface area contributed by atoms with Gasteiger partial charge in [0, 0.05) is 0 Å². The number of alkyl carbamates (subject to hydrolysis) is 1. The van der Waals surface area contributed by atoms with Crippen LogP contribution < -0.4 is 9.78 Å². The molecule has 1 amide bonds. The number of hydrogen-bond acceptors (Lipinski definition) is 5. The number of carbonyl (C=O) groups is 1. The van der Waals surface area contributed by atoms with Crippen molar-refractivity contribution in [2.24, 2.45) is 22.9 Å². The van der Waals surface area contributed by atoms with Gasteiger partial charge < -0.3 is 0 Å². The van der Waals surface area contributed by atoms with Crippen LogP contribution in [0.4, 0.5) is 4.79 Å². The van der Waals surface area contributed by atoms with Crippen LogP contribution in [0.25, 0.3) is 10.4 Å². The molecule has 0 radical (unpaired) electrons. The minimum atomic E-state index is -1.94. The zero-order valence-electron chi connectivity index (χ0n) is 27.8. The molecule has 4 aliphatic carbocycles. The number of benzene rings is 1. The Balaban J connectivity index is 1.33. The number of hydrogen-bond donors (Lipinski definition) is 1. The van der Waals surface area contributed by atoms with Crippen molar-refractivity contribution in [2.75, 3.05) is 6.61 Å². The van der Waals surface area contributed by atoms with Crippen LogP contribution in [0.5, 0.6) is 0 Å². The van der Waals surface area contributed by atoms with Gasteiger partial charge in [-0.3, -0.25) is 0 Å². The van der Waals surface area contributed by atoms with Crippen LogP contribution in [0, 0.1) is 17.8 Å². The summed E-state index contributed by atoms with van der Waals surface area (Å²) in [6.07, 6.45) is 14.1. The van der Waals surface area contributed by atoms with Crippen molar-refractivity contribution < 1.29 is 18.7 Å². The number of azide groups is 1. The van der Waals surface area contributed by atoms with E-state index < -0.39 is 14.4 Å². The van der Waals surface area contributed by atoms with Gasteiger partial charge in [0.1, 0.15) is 0 Å². The third-order valence-electron chi connectivity index (χ3n) is 10.8. The first-order chi connectivity index (χ1) is 21.9. The van der Waals surface area contributed by atoms with Crippen LogP contribution in [-0.2, 0) is 13.9 Å². The van der Waals surface area contributed by atoms with Gasteiger partial charge in [-0.05, 0) is 0 Å². The van der Waals surface area contributed by atoms with E-state index in [2.05, 4.69) is 48.2 Å². The third kappa shape index (κ3) is 9.30. The second kappa shape index (κ2) is 16.5. The fourth-order valence-corrected chi connectivity index (χ4v) is 16.2. The molecule has 250 valence electrons. The predicted octanol–water partition coefficient (Wildman–Crippen LogP) is 8.24. The summed E-state index contributed by atoms with van der Waals surface area (Å²) in [6, 6.07) is 13.1. The van der Waals surface area contributed by atoms with Gasteiger partial charge in [0.15, 0.2) is 0 Å². The molecule has 1 aliphatic heterocycles. The average Bonchev–Trinajstić information content (AvgIpc) is 3.01. The number of rotatable bonds is 17. The van der Waals surface area contributed by atoms with Crippen LogP contribution in [0.15, 0.2) is 35.4 Å². The molecule has 6 rings (SSSR count). The summed E-state index contributed by atoms with van der Waals surface area (Å²) in [4.78, 5) is 16.9. The third-order valence-corrected chi connectivity index (χ3v) is 17.9. The Kier molecular flexibility index (Phi) is 12.8. The molecule has 4 atom stereocenters. The van der Waals surface area contributed by atoms with Gasteiger partial charge in [0.05, 0.1) is 0 Å². The number of nitrogens with one attached hydrogen (secondary N) is 1. The molecular formula is C35H56N4O4SeSi. The molecule has 45 heavy (non-hydrogen) atoms. The molecule has 5 fully saturated rings. The molecule has 1 heterocycles. The Bertz CT molecular complexity index is 1080. The maximum absolute atomic E-state index is 13.7. The number of amides is 1.